The van der Waals surface area contributed by atoms with Gasteiger partial charge in [-0.1, -0.05) is 35.9 Å². The summed E-state index contributed by atoms with van der Waals surface area (Å²) in [6.07, 6.45) is 0. The first kappa shape index (κ1) is 18.6. The van der Waals surface area contributed by atoms with E-state index < -0.39 is 0 Å². The molecule has 6 heteroatoms. The number of benzene rings is 2. The van der Waals surface area contributed by atoms with Gasteiger partial charge in [0.25, 0.3) is 5.91 Å². The van der Waals surface area contributed by atoms with Crippen molar-refractivity contribution in [2.75, 3.05) is 31.1 Å². The number of aromatic nitrogens is 2. The van der Waals surface area contributed by atoms with E-state index in [1.807, 2.05) is 72.0 Å². The van der Waals surface area contributed by atoms with Gasteiger partial charge in [0.05, 0.1) is 22.6 Å². The Morgan fingerprint density at radius 1 is 0.929 bits per heavy atom. The van der Waals surface area contributed by atoms with Gasteiger partial charge in [0, 0.05) is 36.9 Å². The number of halogens is 1. The van der Waals surface area contributed by atoms with Gasteiger partial charge < -0.3 is 9.80 Å². The lowest BCUT2D eigenvalue weighted by Crippen LogP contribution is -2.49. The van der Waals surface area contributed by atoms with Gasteiger partial charge in [-0.25, -0.2) is 4.68 Å². The summed E-state index contributed by atoms with van der Waals surface area (Å²) >= 11 is 6.11. The Balaban J connectivity index is 1.51. The van der Waals surface area contributed by atoms with Crippen LogP contribution >= 0.6 is 11.6 Å². The standard InChI is InChI=1S/C22H23ClN4O/c1-16-21(17(2)27(24-16)19-8-4-3-5-9-19)22(28)26-13-11-25(12-14-26)20-10-6-7-18(23)15-20/h3-10,15H,11-14H2,1-2H3. The van der Waals surface area contributed by atoms with Gasteiger partial charge in [-0.05, 0) is 44.2 Å². The highest BCUT2D eigenvalue weighted by Gasteiger charge is 2.27. The van der Waals surface area contributed by atoms with Crippen LogP contribution in [-0.4, -0.2) is 46.8 Å². The SMILES string of the molecule is Cc1nn(-c2ccccc2)c(C)c1C(=O)N1CCN(c2cccc(Cl)c2)CC1. The van der Waals surface area contributed by atoms with Crippen molar-refractivity contribution in [3.8, 4) is 5.69 Å². The van der Waals surface area contributed by atoms with Crippen molar-refractivity contribution in [1.82, 2.24) is 14.7 Å². The lowest BCUT2D eigenvalue weighted by Gasteiger charge is -2.36. The number of anilines is 1. The van der Waals surface area contributed by atoms with Crippen molar-refractivity contribution >= 4 is 23.2 Å². The average molecular weight is 395 g/mol. The number of rotatable bonds is 3. The highest BCUT2D eigenvalue weighted by atomic mass is 35.5. The van der Waals surface area contributed by atoms with Crippen LogP contribution in [0.15, 0.2) is 54.6 Å². The number of nitrogens with zero attached hydrogens (tertiary/aromatic N) is 4. The van der Waals surface area contributed by atoms with Gasteiger partial charge in [0.1, 0.15) is 0 Å². The summed E-state index contributed by atoms with van der Waals surface area (Å²) in [7, 11) is 0. The fraction of sp³-hybridized carbons (Fsp3) is 0.273. The minimum absolute atomic E-state index is 0.0583. The monoisotopic (exact) mass is 394 g/mol. The molecule has 0 unspecified atom stereocenters. The highest BCUT2D eigenvalue weighted by Crippen LogP contribution is 2.23. The molecule has 2 aromatic carbocycles. The molecule has 5 nitrogen and oxygen atoms in total. The lowest BCUT2D eigenvalue weighted by molar-refractivity contribution is 0.0745. The number of hydrogen-bond acceptors (Lipinski definition) is 3. The van der Waals surface area contributed by atoms with E-state index in [1.165, 1.54) is 0 Å². The van der Waals surface area contributed by atoms with E-state index in [2.05, 4.69) is 16.1 Å². The predicted octanol–water partition coefficient (Wildman–Crippen LogP) is 4.10. The first-order chi connectivity index (χ1) is 13.5. The molecule has 1 aromatic heterocycles. The minimum Gasteiger partial charge on any atom is -0.368 e. The smallest absolute Gasteiger partial charge is 0.257 e. The fourth-order valence-electron chi connectivity index (χ4n) is 3.77. The highest BCUT2D eigenvalue weighted by molar-refractivity contribution is 6.30. The van der Waals surface area contributed by atoms with Crippen molar-refractivity contribution in [2.45, 2.75) is 13.8 Å². The molecule has 1 fully saturated rings. The van der Waals surface area contributed by atoms with E-state index in [-0.39, 0.29) is 5.91 Å². The number of carbonyl (C=O) groups is 1. The van der Waals surface area contributed by atoms with Crippen LogP contribution in [0.1, 0.15) is 21.7 Å². The van der Waals surface area contributed by atoms with Crippen LogP contribution in [0.3, 0.4) is 0 Å². The Bertz CT molecular complexity index is 991. The van der Waals surface area contributed by atoms with Crippen LogP contribution in [-0.2, 0) is 0 Å². The van der Waals surface area contributed by atoms with Gasteiger partial charge in [-0.3, -0.25) is 4.79 Å². The normalized spacial score (nSPS) is 14.4. The number of para-hydroxylation sites is 1. The van der Waals surface area contributed by atoms with E-state index >= 15 is 0 Å². The van der Waals surface area contributed by atoms with Crippen molar-refractivity contribution in [3.05, 3.63) is 76.6 Å². The largest absolute Gasteiger partial charge is 0.368 e. The molecule has 0 spiro atoms. The van der Waals surface area contributed by atoms with E-state index in [0.717, 1.165) is 40.9 Å². The van der Waals surface area contributed by atoms with Crippen molar-refractivity contribution in [2.24, 2.45) is 0 Å². The van der Waals surface area contributed by atoms with Crippen LogP contribution in [0, 0.1) is 13.8 Å². The van der Waals surface area contributed by atoms with Crippen LogP contribution in [0.5, 0.6) is 0 Å². The molecule has 2 heterocycles. The quantitative estimate of drug-likeness (QED) is 0.671. The maximum Gasteiger partial charge on any atom is 0.257 e. The second-order valence-corrected chi connectivity index (χ2v) is 7.49. The van der Waals surface area contributed by atoms with Crippen LogP contribution in [0.25, 0.3) is 5.69 Å². The molecular formula is C22H23ClN4O. The van der Waals surface area contributed by atoms with E-state index in [1.54, 1.807) is 0 Å². The minimum atomic E-state index is 0.0583. The Kier molecular flexibility index (Phi) is 5.09. The van der Waals surface area contributed by atoms with Crippen molar-refractivity contribution in [3.63, 3.8) is 0 Å². The molecule has 0 aliphatic carbocycles. The zero-order valence-electron chi connectivity index (χ0n) is 16.1. The Morgan fingerprint density at radius 2 is 1.61 bits per heavy atom. The third-order valence-corrected chi connectivity index (χ3v) is 5.48. The Hall–Kier alpha value is -2.79. The first-order valence-electron chi connectivity index (χ1n) is 9.46. The second kappa shape index (κ2) is 7.68. The number of carbonyl (C=O) groups excluding carboxylic acids is 1. The molecule has 0 N–H and O–H groups in total. The predicted molar refractivity (Wildman–Crippen MR) is 113 cm³/mol. The van der Waals surface area contributed by atoms with Crippen molar-refractivity contribution in [1.29, 1.82) is 0 Å². The van der Waals surface area contributed by atoms with Gasteiger partial charge in [-0.15, -0.1) is 0 Å². The summed E-state index contributed by atoms with van der Waals surface area (Å²) in [5, 5.41) is 5.34. The second-order valence-electron chi connectivity index (χ2n) is 7.05. The molecule has 28 heavy (non-hydrogen) atoms. The molecule has 0 radical (unpaired) electrons. The molecule has 4 rings (SSSR count). The summed E-state index contributed by atoms with van der Waals surface area (Å²) in [6.45, 7) is 6.81. The van der Waals surface area contributed by atoms with Crippen LogP contribution in [0.4, 0.5) is 5.69 Å². The molecule has 144 valence electrons. The lowest BCUT2D eigenvalue weighted by atomic mass is 10.1. The summed E-state index contributed by atoms with van der Waals surface area (Å²) < 4.78 is 1.85. The molecule has 0 bridgehead atoms. The fourth-order valence-corrected chi connectivity index (χ4v) is 3.96. The van der Waals surface area contributed by atoms with E-state index in [4.69, 9.17) is 11.6 Å². The summed E-state index contributed by atoms with van der Waals surface area (Å²) in [4.78, 5) is 17.4. The van der Waals surface area contributed by atoms with E-state index in [9.17, 15) is 4.79 Å². The zero-order valence-corrected chi connectivity index (χ0v) is 16.9. The number of piperazine rings is 1. The Morgan fingerprint density at radius 3 is 2.29 bits per heavy atom. The third kappa shape index (κ3) is 3.50. The Labute approximate surface area is 170 Å². The van der Waals surface area contributed by atoms with Crippen LogP contribution in [0.2, 0.25) is 5.02 Å². The van der Waals surface area contributed by atoms with Crippen LogP contribution < -0.4 is 4.90 Å². The molecular weight excluding hydrogens is 372 g/mol. The maximum atomic E-state index is 13.2. The molecule has 0 saturated carbocycles. The molecule has 0 atom stereocenters. The first-order valence-corrected chi connectivity index (χ1v) is 9.84. The van der Waals surface area contributed by atoms with Crippen molar-refractivity contribution < 1.29 is 4.79 Å². The van der Waals surface area contributed by atoms with Gasteiger partial charge in [0.15, 0.2) is 0 Å². The number of aryl methyl sites for hydroxylation is 1. The van der Waals surface area contributed by atoms with E-state index in [0.29, 0.717) is 18.7 Å². The molecule has 1 aliphatic heterocycles. The number of amides is 1. The zero-order chi connectivity index (χ0) is 19.7. The third-order valence-electron chi connectivity index (χ3n) is 5.25. The maximum absolute atomic E-state index is 13.2. The molecule has 1 amide bonds. The summed E-state index contributed by atoms with van der Waals surface area (Å²) in [5.41, 5.74) is 4.42. The molecule has 1 aliphatic rings. The average Bonchev–Trinajstić information content (AvgIpc) is 3.02. The van der Waals surface area contributed by atoms with Gasteiger partial charge in [0.2, 0.25) is 0 Å². The molecule has 1 saturated heterocycles. The van der Waals surface area contributed by atoms with Gasteiger partial charge in [-0.2, -0.15) is 5.10 Å². The number of hydrogen-bond donors (Lipinski definition) is 0. The van der Waals surface area contributed by atoms with Gasteiger partial charge >= 0.3 is 0 Å². The summed E-state index contributed by atoms with van der Waals surface area (Å²) in [5.74, 6) is 0.0583. The summed E-state index contributed by atoms with van der Waals surface area (Å²) in [6, 6.07) is 17.8. The molecule has 3 aromatic rings. The topological polar surface area (TPSA) is 41.4 Å².